The molecular formula is C26H37IN6O. The van der Waals surface area contributed by atoms with Crippen molar-refractivity contribution in [2.75, 3.05) is 42.5 Å². The summed E-state index contributed by atoms with van der Waals surface area (Å²) < 4.78 is 0. The van der Waals surface area contributed by atoms with Crippen molar-refractivity contribution in [3.8, 4) is 0 Å². The van der Waals surface area contributed by atoms with Gasteiger partial charge in [0.15, 0.2) is 5.96 Å². The molecule has 1 saturated heterocycles. The van der Waals surface area contributed by atoms with Gasteiger partial charge in [-0.2, -0.15) is 0 Å². The Balaban J connectivity index is 0.00000324. The van der Waals surface area contributed by atoms with Gasteiger partial charge >= 0.3 is 0 Å². The van der Waals surface area contributed by atoms with Crippen molar-refractivity contribution < 1.29 is 4.79 Å². The average molecular weight is 577 g/mol. The molecule has 0 atom stereocenters. The van der Waals surface area contributed by atoms with Crippen LogP contribution in [-0.2, 0) is 11.2 Å². The first kappa shape index (κ1) is 26.2. The molecule has 0 saturated carbocycles. The molecule has 184 valence electrons. The average Bonchev–Trinajstić information content (AvgIpc) is 3.27. The number of nitrogens with one attached hydrogen (secondary N) is 2. The lowest BCUT2D eigenvalue weighted by molar-refractivity contribution is -0.118. The number of hydrogen-bond donors (Lipinski definition) is 2. The number of aliphatic imine (C=N–C) groups is 1. The van der Waals surface area contributed by atoms with E-state index in [1.807, 2.05) is 29.3 Å². The molecule has 0 radical (unpaired) electrons. The van der Waals surface area contributed by atoms with Crippen molar-refractivity contribution in [1.29, 1.82) is 0 Å². The SMILES string of the molecule is CCNC(=NCCCC(=O)N1CCc2ccccc21)NC1CCN(c2ccc(C)cn2)CC1.I. The molecule has 0 spiro atoms. The van der Waals surface area contributed by atoms with Gasteiger partial charge in [-0.3, -0.25) is 9.79 Å². The molecular weight excluding hydrogens is 539 g/mol. The predicted molar refractivity (Wildman–Crippen MR) is 150 cm³/mol. The number of halogens is 1. The highest BCUT2D eigenvalue weighted by Crippen LogP contribution is 2.28. The van der Waals surface area contributed by atoms with E-state index in [1.165, 1.54) is 11.1 Å². The Bertz CT molecular complexity index is 956. The minimum absolute atomic E-state index is 0. The largest absolute Gasteiger partial charge is 0.357 e. The van der Waals surface area contributed by atoms with E-state index in [0.29, 0.717) is 19.0 Å². The van der Waals surface area contributed by atoms with Gasteiger partial charge in [0, 0.05) is 57.1 Å². The Hall–Kier alpha value is -2.36. The third-order valence-electron chi connectivity index (χ3n) is 6.41. The number of carbonyl (C=O) groups excluding carboxylic acids is 1. The first-order valence-corrected chi connectivity index (χ1v) is 12.2. The number of anilines is 2. The Labute approximate surface area is 220 Å². The Kier molecular flexibility index (Phi) is 9.98. The molecule has 2 aliphatic rings. The summed E-state index contributed by atoms with van der Waals surface area (Å²) in [6.45, 7) is 8.37. The van der Waals surface area contributed by atoms with E-state index in [0.717, 1.165) is 69.3 Å². The highest BCUT2D eigenvalue weighted by Gasteiger charge is 2.24. The molecule has 0 bridgehead atoms. The number of nitrogens with zero attached hydrogens (tertiary/aromatic N) is 4. The molecule has 2 N–H and O–H groups in total. The Morgan fingerprint density at radius 1 is 1.15 bits per heavy atom. The number of para-hydroxylation sites is 1. The fourth-order valence-corrected chi connectivity index (χ4v) is 4.57. The monoisotopic (exact) mass is 576 g/mol. The quantitative estimate of drug-likeness (QED) is 0.227. The maximum Gasteiger partial charge on any atom is 0.227 e. The van der Waals surface area contributed by atoms with Crippen LogP contribution in [0, 0.1) is 6.92 Å². The molecule has 0 aliphatic carbocycles. The summed E-state index contributed by atoms with van der Waals surface area (Å²) in [4.78, 5) is 26.3. The van der Waals surface area contributed by atoms with Crippen LogP contribution in [0.5, 0.6) is 0 Å². The van der Waals surface area contributed by atoms with E-state index < -0.39 is 0 Å². The zero-order chi connectivity index (χ0) is 23.0. The number of piperidine rings is 1. The topological polar surface area (TPSA) is 72.9 Å². The summed E-state index contributed by atoms with van der Waals surface area (Å²) in [6, 6.07) is 12.8. The zero-order valence-corrected chi connectivity index (χ0v) is 22.6. The second-order valence-corrected chi connectivity index (χ2v) is 8.89. The van der Waals surface area contributed by atoms with E-state index in [9.17, 15) is 4.79 Å². The van der Waals surface area contributed by atoms with Crippen molar-refractivity contribution >= 4 is 47.3 Å². The third-order valence-corrected chi connectivity index (χ3v) is 6.41. The fraction of sp³-hybridized carbons (Fsp3) is 0.500. The van der Waals surface area contributed by atoms with Gasteiger partial charge in [0.25, 0.3) is 0 Å². The van der Waals surface area contributed by atoms with Gasteiger partial charge < -0.3 is 20.4 Å². The second kappa shape index (κ2) is 12.9. The van der Waals surface area contributed by atoms with Crippen molar-refractivity contribution in [1.82, 2.24) is 15.6 Å². The molecule has 2 aliphatic heterocycles. The van der Waals surface area contributed by atoms with Crippen LogP contribution >= 0.6 is 24.0 Å². The van der Waals surface area contributed by atoms with Crippen LogP contribution in [0.4, 0.5) is 11.5 Å². The second-order valence-electron chi connectivity index (χ2n) is 8.89. The van der Waals surface area contributed by atoms with Crippen molar-refractivity contribution in [2.45, 2.75) is 52.0 Å². The maximum absolute atomic E-state index is 12.7. The van der Waals surface area contributed by atoms with Crippen LogP contribution in [0.25, 0.3) is 0 Å². The lowest BCUT2D eigenvalue weighted by atomic mass is 10.1. The van der Waals surface area contributed by atoms with Crippen molar-refractivity contribution in [3.63, 3.8) is 0 Å². The van der Waals surface area contributed by atoms with Crippen LogP contribution in [0.2, 0.25) is 0 Å². The number of benzene rings is 1. The van der Waals surface area contributed by atoms with Crippen LogP contribution in [0.3, 0.4) is 0 Å². The highest BCUT2D eigenvalue weighted by atomic mass is 127. The van der Waals surface area contributed by atoms with Gasteiger partial charge in [0.2, 0.25) is 5.91 Å². The lowest BCUT2D eigenvalue weighted by Gasteiger charge is -2.33. The first-order chi connectivity index (χ1) is 16.1. The molecule has 0 unspecified atom stereocenters. The number of amides is 1. The van der Waals surface area contributed by atoms with Crippen LogP contribution in [0.15, 0.2) is 47.6 Å². The number of hydrogen-bond acceptors (Lipinski definition) is 4. The van der Waals surface area contributed by atoms with Gasteiger partial charge in [-0.1, -0.05) is 24.3 Å². The first-order valence-electron chi connectivity index (χ1n) is 12.2. The smallest absolute Gasteiger partial charge is 0.227 e. The lowest BCUT2D eigenvalue weighted by Crippen LogP contribution is -2.49. The van der Waals surface area contributed by atoms with Gasteiger partial charge in [-0.05, 0) is 62.8 Å². The molecule has 1 fully saturated rings. The number of aromatic nitrogens is 1. The van der Waals surface area contributed by atoms with E-state index in [2.05, 4.69) is 52.6 Å². The van der Waals surface area contributed by atoms with Gasteiger partial charge in [0.05, 0.1) is 0 Å². The summed E-state index contributed by atoms with van der Waals surface area (Å²) in [5.74, 6) is 2.11. The summed E-state index contributed by atoms with van der Waals surface area (Å²) >= 11 is 0. The molecule has 34 heavy (non-hydrogen) atoms. The van der Waals surface area contributed by atoms with Gasteiger partial charge in [-0.15, -0.1) is 24.0 Å². The number of fused-ring (bicyclic) bond motifs is 1. The van der Waals surface area contributed by atoms with Crippen LogP contribution in [0.1, 0.15) is 43.7 Å². The van der Waals surface area contributed by atoms with Gasteiger partial charge in [-0.25, -0.2) is 4.98 Å². The summed E-state index contributed by atoms with van der Waals surface area (Å²) in [5.41, 5.74) is 3.54. The van der Waals surface area contributed by atoms with Crippen molar-refractivity contribution in [2.24, 2.45) is 4.99 Å². The molecule has 7 nitrogen and oxygen atoms in total. The van der Waals surface area contributed by atoms with E-state index >= 15 is 0 Å². The van der Waals surface area contributed by atoms with E-state index in [1.54, 1.807) is 0 Å². The van der Waals surface area contributed by atoms with Crippen LogP contribution < -0.4 is 20.4 Å². The maximum atomic E-state index is 12.7. The van der Waals surface area contributed by atoms with Gasteiger partial charge in [0.1, 0.15) is 5.82 Å². The zero-order valence-electron chi connectivity index (χ0n) is 20.3. The number of aryl methyl sites for hydroxylation is 1. The molecule has 2 aromatic rings. The summed E-state index contributed by atoms with van der Waals surface area (Å²) in [7, 11) is 0. The molecule has 1 aromatic carbocycles. The molecule has 1 aromatic heterocycles. The van der Waals surface area contributed by atoms with E-state index in [-0.39, 0.29) is 29.9 Å². The molecule has 4 rings (SSSR count). The highest BCUT2D eigenvalue weighted by molar-refractivity contribution is 14.0. The summed E-state index contributed by atoms with van der Waals surface area (Å²) in [5, 5.41) is 6.94. The number of pyridine rings is 1. The third kappa shape index (κ3) is 6.84. The normalized spacial score (nSPS) is 16.1. The molecule has 3 heterocycles. The minimum Gasteiger partial charge on any atom is -0.357 e. The van der Waals surface area contributed by atoms with Crippen molar-refractivity contribution in [3.05, 3.63) is 53.7 Å². The Morgan fingerprint density at radius 2 is 1.94 bits per heavy atom. The molecule has 1 amide bonds. The minimum atomic E-state index is 0. The summed E-state index contributed by atoms with van der Waals surface area (Å²) in [6.07, 6.45) is 6.26. The van der Waals surface area contributed by atoms with E-state index in [4.69, 9.17) is 4.99 Å². The standard InChI is InChI=1S/C26H36N6O.HI/c1-3-27-26(30-22-13-16-31(17-14-22)24-11-10-20(2)19-29-24)28-15-6-9-25(33)32-18-12-21-7-4-5-8-23(21)32;/h4-5,7-8,10-11,19,22H,3,6,9,12-18H2,1-2H3,(H2,27,28,30);1H. The van der Waals surface area contributed by atoms with Crippen LogP contribution in [-0.4, -0.2) is 55.6 Å². The number of rotatable bonds is 7. The fourth-order valence-electron chi connectivity index (χ4n) is 4.57. The number of carbonyl (C=O) groups is 1. The Morgan fingerprint density at radius 3 is 2.68 bits per heavy atom. The molecule has 8 heteroatoms. The number of guanidine groups is 1. The predicted octanol–water partition coefficient (Wildman–Crippen LogP) is 3.90.